The Morgan fingerprint density at radius 3 is 2.46 bits per heavy atom. The van der Waals surface area contributed by atoms with Crippen LogP contribution in [0.4, 0.5) is 5.69 Å². The Kier molecular flexibility index (Phi) is 7.14. The van der Waals surface area contributed by atoms with Gasteiger partial charge in [0.05, 0.1) is 31.4 Å². The molecule has 2 N–H and O–H groups in total. The number of rotatable bonds is 8. The molecule has 0 radical (unpaired) electrons. The highest BCUT2D eigenvalue weighted by atomic mass is 16.2. The van der Waals surface area contributed by atoms with Crippen LogP contribution in [0.1, 0.15) is 30.4 Å². The molecule has 0 spiro atoms. The van der Waals surface area contributed by atoms with Gasteiger partial charge in [0.15, 0.2) is 5.82 Å². The Morgan fingerprint density at radius 2 is 1.64 bits per heavy atom. The maximum atomic E-state index is 13.0. The molecule has 2 aromatic carbocycles. The maximum absolute atomic E-state index is 13.0. The third-order valence-electron chi connectivity index (χ3n) is 7.31. The highest BCUT2D eigenvalue weighted by Gasteiger charge is 2.22. The third-order valence-corrected chi connectivity index (χ3v) is 7.31. The molecule has 2 aliphatic rings. The first-order valence-corrected chi connectivity index (χ1v) is 13.5. The fraction of sp³-hybridized carbons (Fsp3) is 0.300. The molecule has 2 aromatic heterocycles. The normalized spacial score (nSPS) is 15.6. The maximum Gasteiger partial charge on any atom is 0.247 e. The predicted octanol–water partition coefficient (Wildman–Crippen LogP) is 3.86. The van der Waals surface area contributed by atoms with Crippen LogP contribution in [0.25, 0.3) is 22.5 Å². The molecule has 0 bridgehead atoms. The number of hydrogen-bond donors (Lipinski definition) is 1. The van der Waals surface area contributed by atoms with Crippen LogP contribution in [-0.4, -0.2) is 67.5 Å². The zero-order chi connectivity index (χ0) is 26.6. The number of amides is 1. The number of hydrogen-bond acceptors (Lipinski definition) is 7. The van der Waals surface area contributed by atoms with Gasteiger partial charge in [-0.15, -0.1) is 0 Å². The van der Waals surface area contributed by atoms with Gasteiger partial charge in [0, 0.05) is 53.9 Å². The lowest BCUT2D eigenvalue weighted by atomic mass is 10.1. The van der Waals surface area contributed by atoms with Crippen molar-refractivity contribution in [2.75, 3.05) is 31.9 Å². The van der Waals surface area contributed by atoms with Gasteiger partial charge in [0.2, 0.25) is 5.91 Å². The first kappa shape index (κ1) is 24.9. The molecule has 0 unspecified atom stereocenters. The van der Waals surface area contributed by atoms with Crippen LogP contribution in [0, 0.1) is 0 Å². The fourth-order valence-corrected chi connectivity index (χ4v) is 5.16. The summed E-state index contributed by atoms with van der Waals surface area (Å²) in [7, 11) is 0. The average Bonchev–Trinajstić information content (AvgIpc) is 3.75. The minimum atomic E-state index is -0.0379. The molecule has 4 aromatic rings. The van der Waals surface area contributed by atoms with E-state index < -0.39 is 0 Å². The van der Waals surface area contributed by atoms with Crippen molar-refractivity contribution in [3.63, 3.8) is 0 Å². The Morgan fingerprint density at radius 1 is 0.846 bits per heavy atom. The largest absolute Gasteiger partial charge is 0.399 e. The lowest BCUT2D eigenvalue weighted by Crippen LogP contribution is -2.25. The number of anilines is 1. The molecule has 1 amide bonds. The molecule has 9 heteroatoms. The van der Waals surface area contributed by atoms with Crippen molar-refractivity contribution in [2.45, 2.75) is 32.2 Å². The summed E-state index contributed by atoms with van der Waals surface area (Å²) in [6.45, 7) is 4.87. The zero-order valence-corrected chi connectivity index (χ0v) is 21.9. The predicted molar refractivity (Wildman–Crippen MR) is 152 cm³/mol. The number of benzene rings is 2. The van der Waals surface area contributed by atoms with E-state index in [0.717, 1.165) is 46.6 Å². The third kappa shape index (κ3) is 5.88. The molecular weight excluding hydrogens is 488 g/mol. The lowest BCUT2D eigenvalue weighted by Gasteiger charge is -2.13. The van der Waals surface area contributed by atoms with Crippen LogP contribution in [0.3, 0.4) is 0 Å². The summed E-state index contributed by atoms with van der Waals surface area (Å²) in [5.74, 6) is 0.585. The second-order valence-electron chi connectivity index (χ2n) is 10.2. The molecule has 0 saturated carbocycles. The molecule has 39 heavy (non-hydrogen) atoms. The number of nitrogens with two attached hydrogens (primary N) is 1. The Labute approximate surface area is 228 Å². The fourth-order valence-electron chi connectivity index (χ4n) is 5.16. The number of nitrogens with zero attached hydrogens (tertiary/aromatic N) is 7. The monoisotopic (exact) mass is 520 g/mol. The summed E-state index contributed by atoms with van der Waals surface area (Å²) in [5, 5.41) is 10.6. The molecule has 4 heterocycles. The molecular formula is C30H32N8O. The van der Waals surface area contributed by atoms with Crippen molar-refractivity contribution in [1.29, 1.82) is 0 Å². The Bertz CT molecular complexity index is 1490. The van der Waals surface area contributed by atoms with Crippen LogP contribution < -0.4 is 5.73 Å². The van der Waals surface area contributed by atoms with Gasteiger partial charge >= 0.3 is 0 Å². The van der Waals surface area contributed by atoms with Gasteiger partial charge in [0.1, 0.15) is 0 Å². The Balaban J connectivity index is 1.09. The van der Waals surface area contributed by atoms with Crippen molar-refractivity contribution < 1.29 is 4.79 Å². The van der Waals surface area contributed by atoms with Crippen molar-refractivity contribution in [3.8, 4) is 22.5 Å². The van der Waals surface area contributed by atoms with E-state index in [1.54, 1.807) is 5.01 Å². The van der Waals surface area contributed by atoms with Crippen LogP contribution in [0.15, 0.2) is 78.4 Å². The summed E-state index contributed by atoms with van der Waals surface area (Å²) >= 11 is 0. The van der Waals surface area contributed by atoms with Gasteiger partial charge < -0.3 is 10.6 Å². The molecule has 9 nitrogen and oxygen atoms in total. The quantitative estimate of drug-likeness (QED) is 0.354. The van der Waals surface area contributed by atoms with Crippen LogP contribution in [0.5, 0.6) is 0 Å². The van der Waals surface area contributed by atoms with Gasteiger partial charge in [-0.1, -0.05) is 30.3 Å². The zero-order valence-electron chi connectivity index (χ0n) is 21.9. The number of carbonyl (C=O) groups is 1. The summed E-state index contributed by atoms with van der Waals surface area (Å²) in [6.07, 6.45) is 11.2. The van der Waals surface area contributed by atoms with Gasteiger partial charge in [-0.25, -0.2) is 15.0 Å². The summed E-state index contributed by atoms with van der Waals surface area (Å²) < 4.78 is 1.99. The van der Waals surface area contributed by atoms with Crippen LogP contribution in [-0.2, 0) is 17.8 Å². The molecule has 0 aliphatic carbocycles. The lowest BCUT2D eigenvalue weighted by molar-refractivity contribution is -0.130. The van der Waals surface area contributed by atoms with Gasteiger partial charge in [-0.3, -0.25) is 9.48 Å². The summed E-state index contributed by atoms with van der Waals surface area (Å²) in [5.41, 5.74) is 12.1. The van der Waals surface area contributed by atoms with E-state index >= 15 is 0 Å². The molecule has 1 saturated heterocycles. The summed E-state index contributed by atoms with van der Waals surface area (Å²) in [6, 6.07) is 15.4. The topological polar surface area (TPSA) is 106 Å². The molecule has 6 rings (SSSR count). The molecule has 1 fully saturated rings. The molecule has 2 aliphatic heterocycles. The van der Waals surface area contributed by atoms with Crippen molar-refractivity contribution in [3.05, 3.63) is 84.4 Å². The molecule has 0 atom stereocenters. The van der Waals surface area contributed by atoms with E-state index in [0.29, 0.717) is 24.5 Å². The van der Waals surface area contributed by atoms with E-state index in [2.05, 4.69) is 31.3 Å². The minimum absolute atomic E-state index is 0.0379. The van der Waals surface area contributed by atoms with Gasteiger partial charge in [-0.05, 0) is 55.3 Å². The standard InChI is InChI=1S/C30H32N8O/c31-27-8-4-6-23(17-27)28-9-12-38(35-28)29(39)16-22-5-3-7-24(15-22)30-32-18-25(19-33-30)26-20-34-37(21-26)14-13-36-10-1-2-11-36/h3-8,15,17-21H,1-2,9-14,16,31H2. The van der Waals surface area contributed by atoms with Crippen molar-refractivity contribution >= 4 is 17.3 Å². The minimum Gasteiger partial charge on any atom is -0.399 e. The highest BCUT2D eigenvalue weighted by molar-refractivity contribution is 6.03. The van der Waals surface area contributed by atoms with E-state index in [9.17, 15) is 4.79 Å². The first-order valence-electron chi connectivity index (χ1n) is 13.5. The van der Waals surface area contributed by atoms with Crippen molar-refractivity contribution in [2.24, 2.45) is 5.10 Å². The highest BCUT2D eigenvalue weighted by Crippen LogP contribution is 2.22. The number of hydrazone groups is 1. The van der Waals surface area contributed by atoms with Crippen LogP contribution >= 0.6 is 0 Å². The van der Waals surface area contributed by atoms with Crippen LogP contribution in [0.2, 0.25) is 0 Å². The second-order valence-corrected chi connectivity index (χ2v) is 10.2. The molecule has 198 valence electrons. The summed E-state index contributed by atoms with van der Waals surface area (Å²) in [4.78, 5) is 24.7. The average molecular weight is 521 g/mol. The van der Waals surface area contributed by atoms with E-state index in [-0.39, 0.29) is 12.3 Å². The number of likely N-dealkylation sites (tertiary alicyclic amines) is 1. The van der Waals surface area contributed by atoms with Gasteiger partial charge in [-0.2, -0.15) is 10.2 Å². The first-order chi connectivity index (χ1) is 19.1. The number of aromatic nitrogens is 4. The smallest absolute Gasteiger partial charge is 0.247 e. The Hall–Kier alpha value is -4.37. The van der Waals surface area contributed by atoms with Gasteiger partial charge in [0.25, 0.3) is 0 Å². The van der Waals surface area contributed by atoms with E-state index in [1.807, 2.05) is 71.8 Å². The number of carbonyl (C=O) groups excluding carboxylic acids is 1. The van der Waals surface area contributed by atoms with E-state index in [4.69, 9.17) is 5.73 Å². The number of nitrogen functional groups attached to an aromatic ring is 1. The second kappa shape index (κ2) is 11.2. The SMILES string of the molecule is Nc1cccc(C2=NN(C(=O)Cc3cccc(-c4ncc(-c5cnn(CCN6CCCC6)c5)cn4)c3)CC2)c1. The van der Waals surface area contributed by atoms with E-state index in [1.165, 1.54) is 25.9 Å². The van der Waals surface area contributed by atoms with Crippen molar-refractivity contribution in [1.82, 2.24) is 29.7 Å².